The van der Waals surface area contributed by atoms with Gasteiger partial charge >= 0.3 is 0 Å². The van der Waals surface area contributed by atoms with Crippen LogP contribution in [0, 0.1) is 5.82 Å². The van der Waals surface area contributed by atoms with Gasteiger partial charge in [-0.25, -0.2) is 9.37 Å². The van der Waals surface area contributed by atoms with Gasteiger partial charge in [0.2, 0.25) is 0 Å². The highest BCUT2D eigenvalue weighted by Gasteiger charge is 2.16. The highest BCUT2D eigenvalue weighted by molar-refractivity contribution is 5.66. The van der Waals surface area contributed by atoms with Crippen molar-refractivity contribution < 1.29 is 4.39 Å². The van der Waals surface area contributed by atoms with E-state index in [1.807, 2.05) is 12.1 Å². The number of rotatable bonds is 5. The Morgan fingerprint density at radius 2 is 1.93 bits per heavy atom. The molecule has 1 aromatic carbocycles. The average molecular weight is 367 g/mol. The molecule has 2 aromatic rings. The first kappa shape index (κ1) is 18.1. The van der Waals surface area contributed by atoms with Crippen LogP contribution in [-0.2, 0) is 19.3 Å². The first-order valence-electron chi connectivity index (χ1n) is 9.97. The molecule has 1 N–H and O–H groups in total. The number of nitrogens with zero attached hydrogens (tertiary/aromatic N) is 2. The van der Waals surface area contributed by atoms with Crippen molar-refractivity contribution >= 4 is 5.57 Å². The summed E-state index contributed by atoms with van der Waals surface area (Å²) in [5.74, 6) is 0.644. The summed E-state index contributed by atoms with van der Waals surface area (Å²) < 4.78 is 13.1. The van der Waals surface area contributed by atoms with Crippen molar-refractivity contribution in [3.8, 4) is 0 Å². The standard InChI is InChI=1S/C22H26FN3O/c23-18-9-7-16(8-10-18)17-11-14-26(15-12-17)13-3-6-21-24-20-5-2-1-4-19(20)22(27)25-21/h7-11H,1-6,12-15H2,(H,24,25,27). The summed E-state index contributed by atoms with van der Waals surface area (Å²) in [5, 5.41) is 0. The third kappa shape index (κ3) is 4.35. The number of aromatic amines is 1. The van der Waals surface area contributed by atoms with Crippen LogP contribution in [0.3, 0.4) is 0 Å². The Balaban J connectivity index is 1.30. The minimum atomic E-state index is -0.189. The highest BCUT2D eigenvalue weighted by Crippen LogP contribution is 2.22. The van der Waals surface area contributed by atoms with E-state index in [9.17, 15) is 9.18 Å². The van der Waals surface area contributed by atoms with Crippen molar-refractivity contribution in [1.82, 2.24) is 14.9 Å². The Morgan fingerprint density at radius 1 is 1.11 bits per heavy atom. The van der Waals surface area contributed by atoms with Gasteiger partial charge in [0.15, 0.2) is 0 Å². The minimum absolute atomic E-state index is 0.0690. The zero-order chi connectivity index (χ0) is 18.6. The van der Waals surface area contributed by atoms with Crippen molar-refractivity contribution in [3.63, 3.8) is 0 Å². The maximum Gasteiger partial charge on any atom is 0.254 e. The van der Waals surface area contributed by atoms with Crippen molar-refractivity contribution in [2.75, 3.05) is 19.6 Å². The summed E-state index contributed by atoms with van der Waals surface area (Å²) in [4.78, 5) is 22.3. The molecule has 4 rings (SSSR count). The van der Waals surface area contributed by atoms with Gasteiger partial charge in [0.05, 0.1) is 5.69 Å². The molecule has 1 aromatic heterocycles. The highest BCUT2D eigenvalue weighted by atomic mass is 19.1. The molecule has 4 nitrogen and oxygen atoms in total. The van der Waals surface area contributed by atoms with E-state index >= 15 is 0 Å². The third-order valence-electron chi connectivity index (χ3n) is 5.64. The molecule has 142 valence electrons. The second kappa shape index (κ2) is 8.17. The van der Waals surface area contributed by atoms with Crippen LogP contribution in [0.4, 0.5) is 4.39 Å². The first-order chi connectivity index (χ1) is 13.2. The summed E-state index contributed by atoms with van der Waals surface area (Å²) in [6, 6.07) is 6.76. The average Bonchev–Trinajstić information content (AvgIpc) is 2.69. The normalized spacial score (nSPS) is 17.4. The molecule has 1 aliphatic heterocycles. The quantitative estimate of drug-likeness (QED) is 0.880. The number of aromatic nitrogens is 2. The lowest BCUT2D eigenvalue weighted by Crippen LogP contribution is -2.30. The smallest absolute Gasteiger partial charge is 0.254 e. The fourth-order valence-corrected chi connectivity index (χ4v) is 4.08. The molecule has 5 heteroatoms. The fraction of sp³-hybridized carbons (Fsp3) is 0.455. The molecule has 0 saturated heterocycles. The molecule has 0 radical (unpaired) electrons. The predicted octanol–water partition coefficient (Wildman–Crippen LogP) is 3.51. The van der Waals surface area contributed by atoms with Gasteiger partial charge in [0.1, 0.15) is 11.6 Å². The second-order valence-electron chi connectivity index (χ2n) is 7.54. The van der Waals surface area contributed by atoms with Gasteiger partial charge in [-0.3, -0.25) is 9.69 Å². The van der Waals surface area contributed by atoms with E-state index in [2.05, 4.69) is 16.0 Å². The van der Waals surface area contributed by atoms with E-state index in [0.717, 1.165) is 87.2 Å². The van der Waals surface area contributed by atoms with Crippen LogP contribution in [0.2, 0.25) is 0 Å². The van der Waals surface area contributed by atoms with Gasteiger partial charge in [-0.05, 0) is 68.3 Å². The van der Waals surface area contributed by atoms with Crippen molar-refractivity contribution in [3.05, 3.63) is 69.2 Å². The lowest BCUT2D eigenvalue weighted by Gasteiger charge is -2.26. The number of H-pyrrole nitrogens is 1. The maximum absolute atomic E-state index is 13.1. The summed E-state index contributed by atoms with van der Waals surface area (Å²) >= 11 is 0. The Kier molecular flexibility index (Phi) is 5.48. The number of fused-ring (bicyclic) bond motifs is 1. The molecular formula is C22H26FN3O. The summed E-state index contributed by atoms with van der Waals surface area (Å²) in [7, 11) is 0. The number of hydrogen-bond acceptors (Lipinski definition) is 3. The molecule has 0 spiro atoms. The number of nitrogens with one attached hydrogen (secondary N) is 1. The molecule has 27 heavy (non-hydrogen) atoms. The lowest BCUT2D eigenvalue weighted by molar-refractivity contribution is 0.297. The summed E-state index contributed by atoms with van der Waals surface area (Å²) in [6.45, 7) is 2.92. The SMILES string of the molecule is O=c1[nH]c(CCCN2CC=C(c3ccc(F)cc3)CC2)nc2c1CCCC2. The molecule has 2 aliphatic rings. The van der Waals surface area contributed by atoms with Crippen LogP contribution in [-0.4, -0.2) is 34.5 Å². The Bertz CT molecular complexity index is 885. The van der Waals surface area contributed by atoms with E-state index in [1.54, 1.807) is 0 Å². The number of benzene rings is 1. The zero-order valence-corrected chi connectivity index (χ0v) is 15.6. The first-order valence-corrected chi connectivity index (χ1v) is 9.97. The lowest BCUT2D eigenvalue weighted by atomic mass is 9.97. The molecule has 1 aliphatic carbocycles. The number of halogens is 1. The van der Waals surface area contributed by atoms with Crippen molar-refractivity contribution in [1.29, 1.82) is 0 Å². The molecular weight excluding hydrogens is 341 g/mol. The molecule has 0 bridgehead atoms. The summed E-state index contributed by atoms with van der Waals surface area (Å²) in [6.07, 6.45) is 9.08. The summed E-state index contributed by atoms with van der Waals surface area (Å²) in [5.41, 5.74) is 4.41. The van der Waals surface area contributed by atoms with Gasteiger partial charge in [-0.1, -0.05) is 18.2 Å². The van der Waals surface area contributed by atoms with E-state index in [0.29, 0.717) is 0 Å². The Labute approximate surface area is 159 Å². The van der Waals surface area contributed by atoms with Crippen LogP contribution in [0.5, 0.6) is 0 Å². The molecule has 0 unspecified atom stereocenters. The van der Waals surface area contributed by atoms with Gasteiger partial charge in [-0.2, -0.15) is 0 Å². The number of hydrogen-bond donors (Lipinski definition) is 1. The third-order valence-corrected chi connectivity index (χ3v) is 5.64. The Morgan fingerprint density at radius 3 is 2.70 bits per heavy atom. The molecule has 0 fully saturated rings. The largest absolute Gasteiger partial charge is 0.310 e. The van der Waals surface area contributed by atoms with Gasteiger partial charge < -0.3 is 4.98 Å². The number of aryl methyl sites for hydroxylation is 2. The van der Waals surface area contributed by atoms with Crippen LogP contribution >= 0.6 is 0 Å². The fourth-order valence-electron chi connectivity index (χ4n) is 4.08. The van der Waals surface area contributed by atoms with E-state index in [-0.39, 0.29) is 11.4 Å². The molecule has 0 amide bonds. The van der Waals surface area contributed by atoms with Crippen molar-refractivity contribution in [2.24, 2.45) is 0 Å². The van der Waals surface area contributed by atoms with Crippen LogP contribution in [0.1, 0.15) is 48.3 Å². The monoisotopic (exact) mass is 367 g/mol. The molecule has 2 heterocycles. The van der Waals surface area contributed by atoms with Gasteiger partial charge in [0, 0.05) is 25.1 Å². The predicted molar refractivity (Wildman–Crippen MR) is 105 cm³/mol. The minimum Gasteiger partial charge on any atom is -0.310 e. The van der Waals surface area contributed by atoms with Crippen LogP contribution in [0.15, 0.2) is 35.1 Å². The van der Waals surface area contributed by atoms with E-state index in [4.69, 9.17) is 4.98 Å². The Hall–Kier alpha value is -2.27. The second-order valence-corrected chi connectivity index (χ2v) is 7.54. The van der Waals surface area contributed by atoms with Gasteiger partial charge in [0.25, 0.3) is 5.56 Å². The topological polar surface area (TPSA) is 49.0 Å². The van der Waals surface area contributed by atoms with Crippen molar-refractivity contribution in [2.45, 2.75) is 44.9 Å². The maximum atomic E-state index is 13.1. The molecule has 0 atom stereocenters. The van der Waals surface area contributed by atoms with E-state index < -0.39 is 0 Å². The van der Waals surface area contributed by atoms with Crippen LogP contribution in [0.25, 0.3) is 5.57 Å². The van der Waals surface area contributed by atoms with Crippen LogP contribution < -0.4 is 5.56 Å². The van der Waals surface area contributed by atoms with E-state index in [1.165, 1.54) is 17.7 Å². The zero-order valence-electron chi connectivity index (χ0n) is 15.6. The van der Waals surface area contributed by atoms with Gasteiger partial charge in [-0.15, -0.1) is 0 Å². The molecule has 0 saturated carbocycles.